The Morgan fingerprint density at radius 1 is 1.37 bits per heavy atom. The molecule has 1 fully saturated rings. The van der Waals surface area contributed by atoms with Gasteiger partial charge in [0.1, 0.15) is 11.6 Å². The van der Waals surface area contributed by atoms with Crippen LogP contribution < -0.4 is 10.6 Å². The molecule has 0 saturated carbocycles. The fraction of sp³-hybridized carbons (Fsp3) is 0.462. The second kappa shape index (κ2) is 7.40. The van der Waals surface area contributed by atoms with E-state index in [2.05, 4.69) is 10.6 Å². The van der Waals surface area contributed by atoms with Gasteiger partial charge in [0.25, 0.3) is 0 Å². The van der Waals surface area contributed by atoms with E-state index in [1.807, 2.05) is 0 Å². The zero-order valence-corrected chi connectivity index (χ0v) is 11.2. The summed E-state index contributed by atoms with van der Waals surface area (Å²) in [5.41, 5.74) is 0.166. The van der Waals surface area contributed by atoms with E-state index in [4.69, 9.17) is 0 Å². The van der Waals surface area contributed by atoms with Crippen molar-refractivity contribution in [3.05, 3.63) is 35.4 Å². The van der Waals surface area contributed by atoms with E-state index >= 15 is 0 Å². The molecule has 19 heavy (non-hydrogen) atoms. The highest BCUT2D eigenvalue weighted by molar-refractivity contribution is 5.85. The molecule has 1 heterocycles. The number of carbonyl (C=O) groups excluding carboxylic acids is 1. The summed E-state index contributed by atoms with van der Waals surface area (Å²) in [6, 6.07) is 3.01. The van der Waals surface area contributed by atoms with Crippen LogP contribution in [0.1, 0.15) is 24.8 Å². The molecule has 1 amide bonds. The molecule has 1 aliphatic rings. The van der Waals surface area contributed by atoms with Gasteiger partial charge in [-0.1, -0.05) is 6.42 Å². The van der Waals surface area contributed by atoms with E-state index in [0.717, 1.165) is 44.0 Å². The predicted molar refractivity (Wildman–Crippen MR) is 71.1 cm³/mol. The van der Waals surface area contributed by atoms with Crippen LogP contribution in [0, 0.1) is 11.6 Å². The molecule has 1 atom stereocenters. The average molecular weight is 291 g/mol. The summed E-state index contributed by atoms with van der Waals surface area (Å²) in [5, 5.41) is 5.73. The lowest BCUT2D eigenvalue weighted by atomic mass is 10.0. The molecule has 1 aromatic rings. The summed E-state index contributed by atoms with van der Waals surface area (Å²) in [7, 11) is 0. The van der Waals surface area contributed by atoms with Gasteiger partial charge in [0.05, 0.1) is 6.04 Å². The van der Waals surface area contributed by atoms with Gasteiger partial charge in [-0.25, -0.2) is 8.78 Å². The Kier molecular flexibility index (Phi) is 6.18. The van der Waals surface area contributed by atoms with Gasteiger partial charge in [-0.15, -0.1) is 12.4 Å². The Labute approximate surface area is 117 Å². The summed E-state index contributed by atoms with van der Waals surface area (Å²) < 4.78 is 26.3. The number of rotatable bonds is 3. The number of amides is 1. The number of nitrogens with one attached hydrogen (secondary N) is 2. The maximum absolute atomic E-state index is 13.3. The molecule has 1 aliphatic heterocycles. The molecule has 1 saturated heterocycles. The SMILES string of the molecule is Cl.O=C(NCc1cc(F)ccc1F)C1CCCCN1. The Morgan fingerprint density at radius 3 is 2.84 bits per heavy atom. The largest absolute Gasteiger partial charge is 0.351 e. The van der Waals surface area contributed by atoms with E-state index < -0.39 is 11.6 Å². The van der Waals surface area contributed by atoms with Crippen LogP contribution in [0.15, 0.2) is 18.2 Å². The van der Waals surface area contributed by atoms with Crippen molar-refractivity contribution in [1.82, 2.24) is 10.6 Å². The second-order valence-corrected chi connectivity index (χ2v) is 4.46. The minimum Gasteiger partial charge on any atom is -0.351 e. The van der Waals surface area contributed by atoms with Gasteiger partial charge in [0, 0.05) is 12.1 Å². The first-order chi connectivity index (χ1) is 8.66. The first-order valence-corrected chi connectivity index (χ1v) is 6.12. The van der Waals surface area contributed by atoms with Crippen LogP contribution >= 0.6 is 12.4 Å². The van der Waals surface area contributed by atoms with Gasteiger partial charge in [0.2, 0.25) is 5.91 Å². The van der Waals surface area contributed by atoms with Crippen LogP contribution in [0.25, 0.3) is 0 Å². The van der Waals surface area contributed by atoms with Gasteiger partial charge in [0.15, 0.2) is 0 Å². The predicted octanol–water partition coefficient (Wildman–Crippen LogP) is 2.14. The van der Waals surface area contributed by atoms with Crippen LogP contribution in [-0.2, 0) is 11.3 Å². The zero-order valence-electron chi connectivity index (χ0n) is 10.4. The monoisotopic (exact) mass is 290 g/mol. The number of piperidine rings is 1. The summed E-state index contributed by atoms with van der Waals surface area (Å²) in [5.74, 6) is -1.16. The molecule has 0 aromatic heterocycles. The molecule has 6 heteroatoms. The van der Waals surface area contributed by atoms with Crippen molar-refractivity contribution in [2.75, 3.05) is 6.54 Å². The van der Waals surface area contributed by atoms with Crippen molar-refractivity contribution in [3.8, 4) is 0 Å². The average Bonchev–Trinajstić information content (AvgIpc) is 2.40. The van der Waals surface area contributed by atoms with Gasteiger partial charge < -0.3 is 10.6 Å². The highest BCUT2D eigenvalue weighted by atomic mass is 35.5. The summed E-state index contributed by atoms with van der Waals surface area (Å²) in [6.45, 7) is 0.840. The quantitative estimate of drug-likeness (QED) is 0.895. The van der Waals surface area contributed by atoms with Gasteiger partial charge in [-0.05, 0) is 37.6 Å². The van der Waals surface area contributed by atoms with E-state index in [-0.39, 0.29) is 36.5 Å². The minimum atomic E-state index is -0.506. The highest BCUT2D eigenvalue weighted by Gasteiger charge is 2.20. The van der Waals surface area contributed by atoms with Crippen LogP contribution in [0.5, 0.6) is 0 Å². The second-order valence-electron chi connectivity index (χ2n) is 4.46. The van der Waals surface area contributed by atoms with Crippen molar-refractivity contribution < 1.29 is 13.6 Å². The first-order valence-electron chi connectivity index (χ1n) is 6.12. The van der Waals surface area contributed by atoms with Gasteiger partial charge in [-0.2, -0.15) is 0 Å². The molecule has 106 valence electrons. The minimum absolute atomic E-state index is 0. The van der Waals surface area contributed by atoms with E-state index in [0.29, 0.717) is 0 Å². The molecule has 1 aromatic carbocycles. The Balaban J connectivity index is 0.00000180. The normalized spacial score (nSPS) is 18.5. The Hall–Kier alpha value is -1.20. The molecule has 0 spiro atoms. The number of halogens is 3. The lowest BCUT2D eigenvalue weighted by Gasteiger charge is -2.22. The maximum atomic E-state index is 13.3. The number of hydrogen-bond donors (Lipinski definition) is 2. The maximum Gasteiger partial charge on any atom is 0.237 e. The fourth-order valence-corrected chi connectivity index (χ4v) is 2.06. The number of benzene rings is 1. The summed E-state index contributed by atoms with van der Waals surface area (Å²) in [4.78, 5) is 11.8. The number of hydrogen-bond acceptors (Lipinski definition) is 2. The van der Waals surface area contributed by atoms with Crippen molar-refractivity contribution in [2.45, 2.75) is 31.8 Å². The summed E-state index contributed by atoms with van der Waals surface area (Å²) >= 11 is 0. The van der Waals surface area contributed by atoms with Crippen LogP contribution in [0.4, 0.5) is 8.78 Å². The van der Waals surface area contributed by atoms with E-state index in [9.17, 15) is 13.6 Å². The Bertz CT molecular complexity index is 437. The smallest absolute Gasteiger partial charge is 0.237 e. The van der Waals surface area contributed by atoms with Crippen LogP contribution in [0.3, 0.4) is 0 Å². The zero-order chi connectivity index (χ0) is 13.0. The molecule has 1 unspecified atom stereocenters. The van der Waals surface area contributed by atoms with Crippen molar-refractivity contribution in [2.24, 2.45) is 0 Å². The topological polar surface area (TPSA) is 41.1 Å². The first kappa shape index (κ1) is 15.9. The molecule has 0 bridgehead atoms. The third-order valence-electron chi connectivity index (χ3n) is 3.09. The number of carbonyl (C=O) groups is 1. The molecular weight excluding hydrogens is 274 g/mol. The Morgan fingerprint density at radius 2 is 2.16 bits per heavy atom. The van der Waals surface area contributed by atoms with Crippen LogP contribution in [-0.4, -0.2) is 18.5 Å². The molecule has 2 rings (SSSR count). The van der Waals surface area contributed by atoms with Crippen LogP contribution in [0.2, 0.25) is 0 Å². The third-order valence-corrected chi connectivity index (χ3v) is 3.09. The highest BCUT2D eigenvalue weighted by Crippen LogP contribution is 2.10. The summed E-state index contributed by atoms with van der Waals surface area (Å²) in [6.07, 6.45) is 2.87. The molecule has 0 radical (unpaired) electrons. The molecule has 0 aliphatic carbocycles. The van der Waals surface area contributed by atoms with Gasteiger partial charge in [-0.3, -0.25) is 4.79 Å². The lowest BCUT2D eigenvalue weighted by Crippen LogP contribution is -2.46. The molecule has 3 nitrogen and oxygen atoms in total. The van der Waals surface area contributed by atoms with Crippen molar-refractivity contribution >= 4 is 18.3 Å². The lowest BCUT2D eigenvalue weighted by molar-refractivity contribution is -0.123. The standard InChI is InChI=1S/C13H16F2N2O.ClH/c14-10-4-5-11(15)9(7-10)8-17-13(18)12-3-1-2-6-16-12;/h4-5,7,12,16H,1-3,6,8H2,(H,17,18);1H. The van der Waals surface area contributed by atoms with Crippen molar-refractivity contribution in [1.29, 1.82) is 0 Å². The van der Waals surface area contributed by atoms with E-state index in [1.165, 1.54) is 0 Å². The van der Waals surface area contributed by atoms with Gasteiger partial charge >= 0.3 is 0 Å². The molecular formula is C13H17ClF2N2O. The molecule has 2 N–H and O–H groups in total. The third kappa shape index (κ3) is 4.44. The van der Waals surface area contributed by atoms with E-state index in [1.54, 1.807) is 0 Å². The van der Waals surface area contributed by atoms with Crippen molar-refractivity contribution in [3.63, 3.8) is 0 Å². The fourth-order valence-electron chi connectivity index (χ4n) is 2.06.